The predicted molar refractivity (Wildman–Crippen MR) is 72.0 cm³/mol. The molecule has 0 atom stereocenters. The van der Waals surface area contributed by atoms with Gasteiger partial charge in [0.15, 0.2) is 5.78 Å². The number of benzene rings is 2. The number of hydrogen-bond donors (Lipinski definition) is 1. The summed E-state index contributed by atoms with van der Waals surface area (Å²) in [4.78, 5) is 12.2. The zero-order chi connectivity index (χ0) is 14.0. The molecule has 2 aromatic carbocycles. The van der Waals surface area contributed by atoms with Gasteiger partial charge < -0.3 is 10.5 Å². The van der Waals surface area contributed by atoms with E-state index in [1.807, 2.05) is 6.92 Å². The van der Waals surface area contributed by atoms with Crippen LogP contribution in [0.25, 0.3) is 0 Å². The van der Waals surface area contributed by atoms with Crippen LogP contribution in [0.5, 0.6) is 5.75 Å². The van der Waals surface area contributed by atoms with Crippen LogP contribution in [-0.4, -0.2) is 12.9 Å². The number of carbonyl (C=O) groups is 1. The van der Waals surface area contributed by atoms with Gasteiger partial charge in [-0.1, -0.05) is 0 Å². The van der Waals surface area contributed by atoms with Gasteiger partial charge in [-0.15, -0.1) is 0 Å². The number of aryl methyl sites for hydroxylation is 1. The van der Waals surface area contributed by atoms with Crippen LogP contribution in [-0.2, 0) is 0 Å². The van der Waals surface area contributed by atoms with Crippen molar-refractivity contribution in [2.24, 2.45) is 0 Å². The molecule has 3 nitrogen and oxygen atoms in total. The number of rotatable bonds is 3. The molecule has 4 heteroatoms. The Morgan fingerprint density at radius 3 is 2.37 bits per heavy atom. The second-order valence-corrected chi connectivity index (χ2v) is 4.25. The van der Waals surface area contributed by atoms with Gasteiger partial charge in [0.25, 0.3) is 0 Å². The molecule has 0 heterocycles. The zero-order valence-electron chi connectivity index (χ0n) is 10.7. The number of anilines is 1. The second-order valence-electron chi connectivity index (χ2n) is 4.25. The molecule has 19 heavy (non-hydrogen) atoms. The minimum Gasteiger partial charge on any atom is -0.496 e. The molecule has 2 N–H and O–H groups in total. The Labute approximate surface area is 110 Å². The van der Waals surface area contributed by atoms with E-state index in [-0.39, 0.29) is 17.0 Å². The second kappa shape index (κ2) is 5.10. The molecule has 0 unspecified atom stereocenters. The van der Waals surface area contributed by atoms with Crippen molar-refractivity contribution in [1.82, 2.24) is 0 Å². The average Bonchev–Trinajstić information content (AvgIpc) is 2.41. The minimum atomic E-state index is -0.587. The maximum Gasteiger partial charge on any atom is 0.193 e. The first-order chi connectivity index (χ1) is 9.02. The predicted octanol–water partition coefficient (Wildman–Crippen LogP) is 2.96. The molecule has 0 saturated heterocycles. The summed E-state index contributed by atoms with van der Waals surface area (Å²) in [6, 6.07) is 9.14. The lowest BCUT2D eigenvalue weighted by molar-refractivity contribution is 0.103. The normalized spacial score (nSPS) is 10.3. The Morgan fingerprint density at radius 2 is 1.79 bits per heavy atom. The van der Waals surface area contributed by atoms with Gasteiger partial charge in [-0.3, -0.25) is 4.79 Å². The summed E-state index contributed by atoms with van der Waals surface area (Å²) in [5.74, 6) is -0.124. The van der Waals surface area contributed by atoms with Gasteiger partial charge in [0.2, 0.25) is 0 Å². The molecule has 0 aliphatic rings. The van der Waals surface area contributed by atoms with Crippen molar-refractivity contribution >= 4 is 11.5 Å². The molecule has 0 aliphatic carbocycles. The Kier molecular flexibility index (Phi) is 3.51. The summed E-state index contributed by atoms with van der Waals surface area (Å²) in [6.07, 6.45) is 0. The fraction of sp³-hybridized carbons (Fsp3) is 0.133. The first kappa shape index (κ1) is 13.1. The Balaban J connectivity index is 2.38. The molecule has 0 radical (unpaired) electrons. The first-order valence-corrected chi connectivity index (χ1v) is 5.77. The SMILES string of the molecule is COc1ccc(C(=O)c2ccc(N)c(F)c2)cc1C. The molecule has 2 aromatic rings. The van der Waals surface area contributed by atoms with E-state index in [9.17, 15) is 9.18 Å². The number of halogens is 1. The van der Waals surface area contributed by atoms with Crippen LogP contribution in [0.2, 0.25) is 0 Å². The highest BCUT2D eigenvalue weighted by molar-refractivity contribution is 6.09. The largest absolute Gasteiger partial charge is 0.496 e. The van der Waals surface area contributed by atoms with E-state index in [1.54, 1.807) is 25.3 Å². The summed E-state index contributed by atoms with van der Waals surface area (Å²) in [7, 11) is 1.57. The summed E-state index contributed by atoms with van der Waals surface area (Å²) in [5, 5.41) is 0. The van der Waals surface area contributed by atoms with E-state index >= 15 is 0 Å². The van der Waals surface area contributed by atoms with Gasteiger partial charge in [0.05, 0.1) is 12.8 Å². The molecule has 0 fully saturated rings. The third kappa shape index (κ3) is 2.57. The van der Waals surface area contributed by atoms with E-state index in [0.717, 1.165) is 11.6 Å². The molecular formula is C15H14FNO2. The highest BCUT2D eigenvalue weighted by Crippen LogP contribution is 2.21. The summed E-state index contributed by atoms with van der Waals surface area (Å²) < 4.78 is 18.5. The van der Waals surface area contributed by atoms with Gasteiger partial charge in [0, 0.05) is 11.1 Å². The average molecular weight is 259 g/mol. The number of nitrogen functional groups attached to an aromatic ring is 1. The van der Waals surface area contributed by atoms with Crippen molar-refractivity contribution in [3.63, 3.8) is 0 Å². The van der Waals surface area contributed by atoms with Gasteiger partial charge in [-0.05, 0) is 48.9 Å². The molecule has 0 amide bonds. The number of ether oxygens (including phenoxy) is 1. The lowest BCUT2D eigenvalue weighted by Crippen LogP contribution is -2.03. The summed E-state index contributed by atoms with van der Waals surface area (Å²) >= 11 is 0. The van der Waals surface area contributed by atoms with Crippen molar-refractivity contribution in [3.05, 3.63) is 58.9 Å². The highest BCUT2D eigenvalue weighted by Gasteiger charge is 2.12. The molecule has 0 aromatic heterocycles. The highest BCUT2D eigenvalue weighted by atomic mass is 19.1. The number of methoxy groups -OCH3 is 1. The lowest BCUT2D eigenvalue weighted by Gasteiger charge is -2.07. The smallest absolute Gasteiger partial charge is 0.193 e. The van der Waals surface area contributed by atoms with Crippen LogP contribution >= 0.6 is 0 Å². The van der Waals surface area contributed by atoms with Crippen molar-refractivity contribution in [1.29, 1.82) is 0 Å². The topological polar surface area (TPSA) is 52.3 Å². The first-order valence-electron chi connectivity index (χ1n) is 5.77. The van der Waals surface area contributed by atoms with Crippen LogP contribution in [0.15, 0.2) is 36.4 Å². The van der Waals surface area contributed by atoms with Crippen LogP contribution in [0.3, 0.4) is 0 Å². The van der Waals surface area contributed by atoms with Crippen molar-refractivity contribution < 1.29 is 13.9 Å². The van der Waals surface area contributed by atoms with E-state index in [0.29, 0.717) is 11.3 Å². The van der Waals surface area contributed by atoms with Crippen molar-refractivity contribution in [2.75, 3.05) is 12.8 Å². The molecular weight excluding hydrogens is 245 g/mol. The Morgan fingerprint density at radius 1 is 1.16 bits per heavy atom. The fourth-order valence-electron chi connectivity index (χ4n) is 1.85. The van der Waals surface area contributed by atoms with Crippen molar-refractivity contribution in [2.45, 2.75) is 6.92 Å². The van der Waals surface area contributed by atoms with E-state index < -0.39 is 5.82 Å². The Hall–Kier alpha value is -2.36. The minimum absolute atomic E-state index is 0.0301. The lowest BCUT2D eigenvalue weighted by atomic mass is 10.0. The third-order valence-corrected chi connectivity index (χ3v) is 2.92. The quantitative estimate of drug-likeness (QED) is 0.681. The summed E-state index contributed by atoms with van der Waals surface area (Å²) in [5.41, 5.74) is 7.03. The Bertz CT molecular complexity index is 638. The van der Waals surface area contributed by atoms with E-state index in [4.69, 9.17) is 10.5 Å². The van der Waals surface area contributed by atoms with Crippen LogP contribution < -0.4 is 10.5 Å². The monoisotopic (exact) mass is 259 g/mol. The molecule has 98 valence electrons. The van der Waals surface area contributed by atoms with Crippen LogP contribution in [0, 0.1) is 12.7 Å². The standard InChI is InChI=1S/C15H14FNO2/c1-9-7-10(4-6-14(9)19-2)15(18)11-3-5-13(17)12(16)8-11/h3-8H,17H2,1-2H3. The number of hydrogen-bond acceptors (Lipinski definition) is 3. The molecule has 0 saturated carbocycles. The number of carbonyl (C=O) groups excluding carboxylic acids is 1. The molecule has 2 rings (SSSR count). The van der Waals surface area contributed by atoms with Gasteiger partial charge in [0.1, 0.15) is 11.6 Å². The van der Waals surface area contributed by atoms with Gasteiger partial charge in [-0.25, -0.2) is 4.39 Å². The maximum absolute atomic E-state index is 13.4. The molecule has 0 spiro atoms. The van der Waals surface area contributed by atoms with E-state index in [1.165, 1.54) is 12.1 Å². The van der Waals surface area contributed by atoms with Gasteiger partial charge in [-0.2, -0.15) is 0 Å². The van der Waals surface area contributed by atoms with E-state index in [2.05, 4.69) is 0 Å². The maximum atomic E-state index is 13.4. The van der Waals surface area contributed by atoms with Crippen LogP contribution in [0.4, 0.5) is 10.1 Å². The van der Waals surface area contributed by atoms with Crippen LogP contribution in [0.1, 0.15) is 21.5 Å². The molecule has 0 aliphatic heterocycles. The fourth-order valence-corrected chi connectivity index (χ4v) is 1.85. The van der Waals surface area contributed by atoms with Crippen molar-refractivity contribution in [3.8, 4) is 5.75 Å². The zero-order valence-corrected chi connectivity index (χ0v) is 10.7. The number of nitrogens with two attached hydrogens (primary N) is 1. The summed E-state index contributed by atoms with van der Waals surface area (Å²) in [6.45, 7) is 1.85. The third-order valence-electron chi connectivity index (χ3n) is 2.92. The number of ketones is 1. The van der Waals surface area contributed by atoms with Gasteiger partial charge >= 0.3 is 0 Å². The molecule has 0 bridgehead atoms.